The minimum Gasteiger partial charge on any atom is -0.462 e. The van der Waals surface area contributed by atoms with E-state index < -0.39 is 0 Å². The molecule has 7 nitrogen and oxygen atoms in total. The molecule has 0 aliphatic heterocycles. The fourth-order valence-electron chi connectivity index (χ4n) is 5.01. The van der Waals surface area contributed by atoms with Crippen LogP contribution in [0.1, 0.15) is 82.4 Å². The largest absolute Gasteiger partial charge is 0.462 e. The summed E-state index contributed by atoms with van der Waals surface area (Å²) in [5, 5.41) is 9.63. The molecule has 0 aliphatic rings. The van der Waals surface area contributed by atoms with Gasteiger partial charge in [0.05, 0.1) is 36.5 Å². The first-order valence-electron chi connectivity index (χ1n) is 14.3. The summed E-state index contributed by atoms with van der Waals surface area (Å²) in [6, 6.07) is 26.7. The maximum absolute atomic E-state index is 12.4. The number of aliphatic hydroxyl groups is 1. The van der Waals surface area contributed by atoms with E-state index in [2.05, 4.69) is 0 Å². The molecule has 0 saturated carbocycles. The van der Waals surface area contributed by atoms with Crippen molar-refractivity contribution in [2.24, 2.45) is 5.41 Å². The van der Waals surface area contributed by atoms with Crippen LogP contribution in [0.3, 0.4) is 0 Å². The fourth-order valence-corrected chi connectivity index (χ4v) is 5.01. The lowest BCUT2D eigenvalue weighted by atomic mass is 9.72. The molecule has 218 valence electrons. The summed E-state index contributed by atoms with van der Waals surface area (Å²) >= 11 is 0. The average molecular weight is 561 g/mol. The molecule has 0 aromatic heterocycles. The summed E-state index contributed by atoms with van der Waals surface area (Å²) in [4.78, 5) is 37.1. The average Bonchev–Trinajstić information content (AvgIpc) is 3.03. The molecule has 0 spiro atoms. The van der Waals surface area contributed by atoms with Gasteiger partial charge in [0.2, 0.25) is 0 Å². The summed E-state index contributed by atoms with van der Waals surface area (Å²) in [6.45, 7) is 0.901. The van der Waals surface area contributed by atoms with Crippen molar-refractivity contribution >= 4 is 17.9 Å². The second-order valence-corrected chi connectivity index (χ2v) is 10.1. The summed E-state index contributed by atoms with van der Waals surface area (Å²) in [7, 11) is 0. The van der Waals surface area contributed by atoms with Crippen LogP contribution in [0, 0.1) is 5.41 Å². The molecule has 7 heteroatoms. The zero-order valence-electron chi connectivity index (χ0n) is 23.5. The topological polar surface area (TPSA) is 99.1 Å². The van der Waals surface area contributed by atoms with Gasteiger partial charge in [-0.15, -0.1) is 0 Å². The Bertz CT molecular complexity index is 1040. The Kier molecular flexibility index (Phi) is 13.6. The number of carbonyl (C=O) groups excluding carboxylic acids is 3. The van der Waals surface area contributed by atoms with Gasteiger partial charge < -0.3 is 19.3 Å². The molecular weight excluding hydrogens is 520 g/mol. The van der Waals surface area contributed by atoms with Crippen molar-refractivity contribution in [1.82, 2.24) is 0 Å². The summed E-state index contributed by atoms with van der Waals surface area (Å²) < 4.78 is 16.5. The first-order chi connectivity index (χ1) is 20.0. The van der Waals surface area contributed by atoms with E-state index in [0.29, 0.717) is 42.4 Å². The number of hydrogen-bond acceptors (Lipinski definition) is 7. The van der Waals surface area contributed by atoms with Crippen molar-refractivity contribution in [1.29, 1.82) is 0 Å². The highest BCUT2D eigenvalue weighted by molar-refractivity contribution is 5.90. The van der Waals surface area contributed by atoms with Crippen molar-refractivity contribution < 1.29 is 33.7 Å². The zero-order chi connectivity index (χ0) is 29.2. The first kappa shape index (κ1) is 31.6. The highest BCUT2D eigenvalue weighted by Crippen LogP contribution is 2.40. The Labute approximate surface area is 242 Å². The Morgan fingerprint density at radius 2 is 0.780 bits per heavy atom. The molecule has 0 aliphatic carbocycles. The molecule has 0 amide bonds. The lowest BCUT2D eigenvalue weighted by Gasteiger charge is -2.34. The molecule has 0 radical (unpaired) electrons. The van der Waals surface area contributed by atoms with Gasteiger partial charge in [0.25, 0.3) is 0 Å². The third-order valence-electron chi connectivity index (χ3n) is 7.15. The smallest absolute Gasteiger partial charge is 0.338 e. The van der Waals surface area contributed by atoms with Gasteiger partial charge >= 0.3 is 17.9 Å². The number of hydrogen-bond donors (Lipinski definition) is 1. The maximum atomic E-state index is 12.4. The number of rotatable bonds is 18. The minimum atomic E-state index is -0.354. The van der Waals surface area contributed by atoms with Gasteiger partial charge in [-0.25, -0.2) is 14.4 Å². The van der Waals surface area contributed by atoms with Gasteiger partial charge in [0.15, 0.2) is 0 Å². The third kappa shape index (κ3) is 11.2. The van der Waals surface area contributed by atoms with Crippen molar-refractivity contribution in [3.8, 4) is 0 Å². The van der Waals surface area contributed by atoms with Crippen LogP contribution in [0.4, 0.5) is 0 Å². The molecule has 3 aromatic rings. The fraction of sp³-hybridized carbons (Fsp3) is 0.382. The zero-order valence-corrected chi connectivity index (χ0v) is 23.5. The minimum absolute atomic E-state index is 0.0662. The number of esters is 3. The predicted molar refractivity (Wildman–Crippen MR) is 157 cm³/mol. The Morgan fingerprint density at radius 3 is 1.07 bits per heavy atom. The van der Waals surface area contributed by atoms with Gasteiger partial charge in [-0.1, -0.05) is 54.6 Å². The molecule has 0 heterocycles. The van der Waals surface area contributed by atoms with Crippen LogP contribution in [-0.2, 0) is 14.2 Å². The highest BCUT2D eigenvalue weighted by atomic mass is 16.5. The van der Waals surface area contributed by atoms with E-state index in [0.717, 1.165) is 25.7 Å². The van der Waals surface area contributed by atoms with Gasteiger partial charge in [-0.2, -0.15) is 0 Å². The molecule has 0 atom stereocenters. The van der Waals surface area contributed by atoms with Gasteiger partial charge in [-0.05, 0) is 93.2 Å². The van der Waals surface area contributed by atoms with E-state index in [4.69, 9.17) is 14.2 Å². The molecule has 0 unspecified atom stereocenters. The van der Waals surface area contributed by atoms with Gasteiger partial charge in [0, 0.05) is 6.61 Å². The predicted octanol–water partition coefficient (Wildman–Crippen LogP) is 6.66. The molecular formula is C34H40O7. The normalized spacial score (nSPS) is 11.0. The highest BCUT2D eigenvalue weighted by Gasteiger charge is 2.29. The van der Waals surface area contributed by atoms with E-state index in [1.54, 1.807) is 72.8 Å². The van der Waals surface area contributed by atoms with E-state index >= 15 is 0 Å². The summed E-state index contributed by atoms with van der Waals surface area (Å²) in [5.74, 6) is -1.06. The number of carbonyl (C=O) groups is 3. The Morgan fingerprint density at radius 1 is 0.488 bits per heavy atom. The molecule has 0 saturated heterocycles. The van der Waals surface area contributed by atoms with Crippen LogP contribution in [0.15, 0.2) is 91.0 Å². The lowest BCUT2D eigenvalue weighted by molar-refractivity contribution is 0.0421. The van der Waals surface area contributed by atoms with Crippen LogP contribution < -0.4 is 0 Å². The molecule has 41 heavy (non-hydrogen) atoms. The van der Waals surface area contributed by atoms with Crippen LogP contribution in [0.5, 0.6) is 0 Å². The van der Waals surface area contributed by atoms with Crippen molar-refractivity contribution in [3.63, 3.8) is 0 Å². The Hall–Kier alpha value is -3.97. The van der Waals surface area contributed by atoms with E-state index in [-0.39, 0.29) is 49.8 Å². The van der Waals surface area contributed by atoms with E-state index in [1.807, 2.05) is 18.2 Å². The van der Waals surface area contributed by atoms with Crippen LogP contribution >= 0.6 is 0 Å². The monoisotopic (exact) mass is 560 g/mol. The van der Waals surface area contributed by atoms with E-state index in [9.17, 15) is 19.5 Å². The van der Waals surface area contributed by atoms with Crippen molar-refractivity contribution in [2.45, 2.75) is 51.4 Å². The summed E-state index contributed by atoms with van der Waals surface area (Å²) in [6.07, 6.45) is 5.61. The van der Waals surface area contributed by atoms with Crippen LogP contribution in [0.25, 0.3) is 0 Å². The molecule has 3 aromatic carbocycles. The lowest BCUT2D eigenvalue weighted by Crippen LogP contribution is -2.24. The van der Waals surface area contributed by atoms with Gasteiger partial charge in [0.1, 0.15) is 0 Å². The molecule has 0 bridgehead atoms. The van der Waals surface area contributed by atoms with Crippen LogP contribution in [0.2, 0.25) is 0 Å². The summed E-state index contributed by atoms with van der Waals surface area (Å²) in [5.41, 5.74) is 1.35. The third-order valence-corrected chi connectivity index (χ3v) is 7.15. The molecule has 1 N–H and O–H groups in total. The van der Waals surface area contributed by atoms with Crippen molar-refractivity contribution in [2.75, 3.05) is 26.4 Å². The van der Waals surface area contributed by atoms with Crippen molar-refractivity contribution in [3.05, 3.63) is 108 Å². The van der Waals surface area contributed by atoms with Crippen LogP contribution in [-0.4, -0.2) is 49.4 Å². The molecule has 3 rings (SSSR count). The first-order valence-corrected chi connectivity index (χ1v) is 14.3. The number of aliphatic hydroxyl groups excluding tert-OH is 1. The maximum Gasteiger partial charge on any atom is 0.338 e. The standard InChI is InChI=1S/C34H40O7/c35-24-10-20-34(21-11-25-39-31(36)28-14-4-1-5-15-28,22-12-26-40-32(37)29-16-6-2-7-17-29)23-13-27-41-33(38)30-18-8-3-9-19-30/h1-9,14-19,35H,10-13,20-27H2. The quantitative estimate of drug-likeness (QED) is 0.106. The number of benzene rings is 3. The second-order valence-electron chi connectivity index (χ2n) is 10.1. The molecule has 0 fully saturated rings. The second kappa shape index (κ2) is 17.7. The number of ether oxygens (including phenoxy) is 3. The van der Waals surface area contributed by atoms with E-state index in [1.165, 1.54) is 0 Å². The van der Waals surface area contributed by atoms with Gasteiger partial charge in [-0.3, -0.25) is 0 Å². The Balaban J connectivity index is 1.57. The SMILES string of the molecule is O=C(OCCCC(CCCO)(CCCOC(=O)c1ccccc1)CCCOC(=O)c1ccccc1)c1ccccc1.